The Morgan fingerprint density at radius 1 is 0.714 bits per heavy atom. The number of rotatable bonds is 3. The molecule has 4 unspecified atom stereocenters. The van der Waals surface area contributed by atoms with E-state index < -0.39 is 19.1 Å². The van der Waals surface area contributed by atoms with Crippen molar-refractivity contribution in [3.05, 3.63) is 119 Å². The average molecular weight is 754 g/mol. The summed E-state index contributed by atoms with van der Waals surface area (Å²) in [6.45, 7) is 3.14. The zero-order valence-corrected chi connectivity index (χ0v) is 30.0. The van der Waals surface area contributed by atoms with Crippen LogP contribution in [0, 0.1) is 46.3 Å². The number of halogens is 3. The fraction of sp³-hybridized carbons (Fsp3) is 0.278. The van der Waals surface area contributed by atoms with Crippen LogP contribution in [0.5, 0.6) is 0 Å². The third-order valence-electron chi connectivity index (χ3n) is 8.94. The van der Waals surface area contributed by atoms with Crippen molar-refractivity contribution in [3.63, 3.8) is 0 Å². The fourth-order valence-corrected chi connectivity index (χ4v) is 9.58. The van der Waals surface area contributed by atoms with E-state index in [1.54, 1.807) is 48.8 Å². The normalized spacial score (nSPS) is 24.6. The maximum Gasteiger partial charge on any atom is 0.262 e. The lowest BCUT2D eigenvalue weighted by Gasteiger charge is -2.19. The van der Waals surface area contributed by atoms with Crippen LogP contribution in [0.4, 0.5) is 0 Å². The van der Waals surface area contributed by atoms with Crippen LogP contribution in [-0.2, 0) is 19.1 Å². The van der Waals surface area contributed by atoms with Crippen molar-refractivity contribution in [2.24, 2.45) is 22.7 Å². The lowest BCUT2D eigenvalue weighted by molar-refractivity contribution is 0.430. The maximum absolute atomic E-state index is 12.8. The van der Waals surface area contributed by atoms with Gasteiger partial charge in [0.1, 0.15) is 21.2 Å². The number of hydrogen-bond acceptors (Lipinski definition) is 7. The Morgan fingerprint density at radius 2 is 1.24 bits per heavy atom. The van der Waals surface area contributed by atoms with Gasteiger partial charge < -0.3 is 5.32 Å². The minimum absolute atomic E-state index is 0.0525. The van der Waals surface area contributed by atoms with Gasteiger partial charge in [0.05, 0.1) is 15.5 Å². The van der Waals surface area contributed by atoms with Crippen LogP contribution in [0.15, 0.2) is 107 Å². The molecule has 2 aliphatic heterocycles. The quantitative estimate of drug-likeness (QED) is 0.199. The topological polar surface area (TPSA) is 109 Å². The summed E-state index contributed by atoms with van der Waals surface area (Å²) in [6, 6.07) is 24.0. The predicted octanol–water partition coefficient (Wildman–Crippen LogP) is 6.11. The third kappa shape index (κ3) is 8.30. The van der Waals surface area contributed by atoms with E-state index >= 15 is 0 Å². The molecule has 2 saturated heterocycles. The summed E-state index contributed by atoms with van der Waals surface area (Å²) < 4.78 is 48.6. The van der Waals surface area contributed by atoms with Gasteiger partial charge in [-0.15, -0.1) is 0 Å². The monoisotopic (exact) mass is 752 g/mol. The molecule has 0 spiro atoms. The lowest BCUT2D eigenvalue weighted by atomic mass is 10.1. The Morgan fingerprint density at radius 3 is 1.71 bits per heavy atom. The highest BCUT2D eigenvalue weighted by molar-refractivity contribution is 8.13. The molecular formula is C36H31Cl3N4O4S2. The number of piperidine rings is 2. The highest BCUT2D eigenvalue weighted by atomic mass is 35.7. The summed E-state index contributed by atoms with van der Waals surface area (Å²) in [5.41, 5.74) is 1.67. The third-order valence-corrected chi connectivity index (χ3v) is 13.1. The van der Waals surface area contributed by atoms with Gasteiger partial charge in [-0.25, -0.2) is 26.8 Å². The second-order valence-corrected chi connectivity index (χ2v) is 17.5. The molecule has 49 heavy (non-hydrogen) atoms. The second-order valence-electron chi connectivity index (χ2n) is 12.3. The van der Waals surface area contributed by atoms with Crippen LogP contribution in [0.25, 0.3) is 0 Å². The average Bonchev–Trinajstić information content (AvgIpc) is 3.87. The highest BCUT2D eigenvalue weighted by Gasteiger charge is 2.61. The van der Waals surface area contributed by atoms with Crippen molar-refractivity contribution < 1.29 is 16.8 Å². The molecule has 8 rings (SSSR count). The van der Waals surface area contributed by atoms with E-state index in [0.717, 1.165) is 31.1 Å². The van der Waals surface area contributed by atoms with Crippen LogP contribution >= 0.6 is 33.9 Å². The van der Waals surface area contributed by atoms with Crippen LogP contribution < -0.4 is 5.32 Å². The molecule has 1 N–H and O–H groups in total. The van der Waals surface area contributed by atoms with Crippen LogP contribution in [-0.4, -0.2) is 57.3 Å². The van der Waals surface area contributed by atoms with Crippen LogP contribution in [0.2, 0.25) is 10.0 Å². The van der Waals surface area contributed by atoms with Gasteiger partial charge in [0, 0.05) is 48.1 Å². The molecule has 0 radical (unpaired) electrons. The van der Waals surface area contributed by atoms with E-state index in [9.17, 15) is 16.8 Å². The van der Waals surface area contributed by atoms with E-state index in [0.29, 0.717) is 30.1 Å². The van der Waals surface area contributed by atoms with Gasteiger partial charge in [0.2, 0.25) is 10.0 Å². The van der Waals surface area contributed by atoms with Gasteiger partial charge >= 0.3 is 0 Å². The molecule has 2 saturated carbocycles. The van der Waals surface area contributed by atoms with Crippen molar-refractivity contribution in [2.45, 2.75) is 22.6 Å². The molecule has 4 heterocycles. The van der Waals surface area contributed by atoms with Crippen molar-refractivity contribution >= 4 is 53.0 Å². The molecule has 4 atom stereocenters. The minimum atomic E-state index is -3.69. The zero-order valence-electron chi connectivity index (χ0n) is 26.1. The van der Waals surface area contributed by atoms with Gasteiger partial charge in [-0.2, -0.15) is 4.31 Å². The Bertz CT molecular complexity index is 2190. The standard InChI is InChI=1S/C18H15ClN2O2S.C12H12N2.C6H4Cl2O2S/c19-16-6-1-2-7-17(16)24(22,23)21-12-14-11-18(14,13-21)9-8-15-5-3-4-10-20-15;1-2-6-14-11(3-1)4-5-12-7-10(12)8-13-9-12;7-5-3-1-2-4-6(5)11(8,9)10/h1-7,10,14H,11-13H2;1-3,6,10,13H,7-9H2;1-4H. The van der Waals surface area contributed by atoms with Gasteiger partial charge in [0.15, 0.2) is 0 Å². The van der Waals surface area contributed by atoms with E-state index in [-0.39, 0.29) is 25.3 Å². The fourth-order valence-electron chi connectivity index (χ4n) is 6.03. The van der Waals surface area contributed by atoms with Gasteiger partial charge in [-0.1, -0.05) is 71.4 Å². The Labute approximate surface area is 301 Å². The number of pyridine rings is 2. The van der Waals surface area contributed by atoms with E-state index in [2.05, 4.69) is 39.0 Å². The van der Waals surface area contributed by atoms with Crippen molar-refractivity contribution in [2.75, 3.05) is 26.2 Å². The Hall–Kier alpha value is -3.45. The van der Waals surface area contributed by atoms with Gasteiger partial charge in [-0.3, -0.25) is 0 Å². The molecule has 13 heteroatoms. The first-order valence-electron chi connectivity index (χ1n) is 15.4. The number of benzene rings is 2. The molecule has 0 amide bonds. The first-order chi connectivity index (χ1) is 23.4. The number of fused-ring (bicyclic) bond motifs is 2. The summed E-state index contributed by atoms with van der Waals surface area (Å²) in [5, 5.41) is 3.77. The number of nitrogens with zero attached hydrogens (tertiary/aromatic N) is 3. The largest absolute Gasteiger partial charge is 0.315 e. The van der Waals surface area contributed by atoms with Crippen LogP contribution in [0.3, 0.4) is 0 Å². The molecule has 4 aromatic rings. The summed E-state index contributed by atoms with van der Waals surface area (Å²) in [7, 11) is -2.22. The maximum atomic E-state index is 12.8. The Kier molecular flexibility index (Phi) is 10.4. The minimum Gasteiger partial charge on any atom is -0.315 e. The SMILES string of the molecule is C(#CC12CNCC1C2)c1ccccn1.O=S(=O)(Cl)c1ccccc1Cl.O=S(=O)(c1ccccc1Cl)N1CC2CC2(C#Cc2ccccn2)C1. The van der Waals surface area contributed by atoms with Crippen molar-refractivity contribution in [1.82, 2.24) is 19.6 Å². The predicted molar refractivity (Wildman–Crippen MR) is 191 cm³/mol. The number of hydrogen-bond donors (Lipinski definition) is 1. The van der Waals surface area contributed by atoms with Gasteiger partial charge in [0.25, 0.3) is 9.05 Å². The number of nitrogens with one attached hydrogen (secondary N) is 1. The molecule has 0 bridgehead atoms. The second kappa shape index (κ2) is 14.4. The van der Waals surface area contributed by atoms with Crippen LogP contribution in [0.1, 0.15) is 24.2 Å². The molecule has 4 aliphatic rings. The van der Waals surface area contributed by atoms with Crippen molar-refractivity contribution in [3.8, 4) is 23.7 Å². The molecule has 4 fully saturated rings. The molecule has 2 aliphatic carbocycles. The summed E-state index contributed by atoms with van der Waals surface area (Å²) >= 11 is 11.6. The van der Waals surface area contributed by atoms with Gasteiger partial charge in [-0.05, 0) is 91.6 Å². The first kappa shape index (κ1) is 35.4. The van der Waals surface area contributed by atoms with E-state index in [1.807, 2.05) is 36.4 Å². The number of sulfonamides is 1. The number of aromatic nitrogens is 2. The summed E-state index contributed by atoms with van der Waals surface area (Å²) in [6.07, 6.45) is 5.72. The van der Waals surface area contributed by atoms with E-state index in [4.69, 9.17) is 33.9 Å². The van der Waals surface area contributed by atoms with E-state index in [1.165, 1.54) is 22.9 Å². The lowest BCUT2D eigenvalue weighted by Crippen LogP contribution is -2.32. The summed E-state index contributed by atoms with van der Waals surface area (Å²) in [5.74, 6) is 14.0. The molecule has 8 nitrogen and oxygen atoms in total. The highest BCUT2D eigenvalue weighted by Crippen LogP contribution is 2.58. The molecule has 2 aromatic carbocycles. The molecule has 252 valence electrons. The first-order valence-corrected chi connectivity index (χ1v) is 20.0. The Balaban J connectivity index is 0.000000141. The zero-order chi connectivity index (χ0) is 34.7. The summed E-state index contributed by atoms with van der Waals surface area (Å²) in [4.78, 5) is 8.50. The molecular weight excluding hydrogens is 723 g/mol. The van der Waals surface area contributed by atoms with Crippen molar-refractivity contribution in [1.29, 1.82) is 0 Å². The smallest absolute Gasteiger partial charge is 0.262 e. The molecule has 2 aromatic heterocycles.